The minimum absolute atomic E-state index is 0.0338. The second-order valence-corrected chi connectivity index (χ2v) is 4.81. The minimum atomic E-state index is -0.0338. The van der Waals surface area contributed by atoms with Gasteiger partial charge in [-0.05, 0) is 19.5 Å². The largest absolute Gasteiger partial charge is 0.379 e. The molecule has 1 unspecified atom stereocenters. The standard InChI is InChI=1S/C15H24ClNO2/c1-3-4-9-18-10-11-19-15(12-17-2)13-7-5-6-8-14(13)16/h5-8,15,17H,3-4,9-12H2,1-2H3. The van der Waals surface area contributed by atoms with E-state index in [9.17, 15) is 0 Å². The lowest BCUT2D eigenvalue weighted by Gasteiger charge is -2.19. The maximum Gasteiger partial charge on any atom is 0.0964 e. The molecule has 1 aromatic rings. The van der Waals surface area contributed by atoms with Crippen molar-refractivity contribution in [3.8, 4) is 0 Å². The van der Waals surface area contributed by atoms with Gasteiger partial charge >= 0.3 is 0 Å². The fourth-order valence-corrected chi connectivity index (χ4v) is 2.04. The van der Waals surface area contributed by atoms with Crippen molar-refractivity contribution in [1.82, 2.24) is 5.32 Å². The van der Waals surface area contributed by atoms with E-state index in [1.54, 1.807) is 0 Å². The lowest BCUT2D eigenvalue weighted by atomic mass is 10.1. The molecule has 0 aliphatic rings. The maximum absolute atomic E-state index is 6.20. The summed E-state index contributed by atoms with van der Waals surface area (Å²) in [4.78, 5) is 0. The van der Waals surface area contributed by atoms with Gasteiger partial charge in [0.1, 0.15) is 0 Å². The van der Waals surface area contributed by atoms with Crippen molar-refractivity contribution in [2.45, 2.75) is 25.9 Å². The minimum Gasteiger partial charge on any atom is -0.379 e. The molecule has 0 radical (unpaired) electrons. The van der Waals surface area contributed by atoms with E-state index >= 15 is 0 Å². The molecular formula is C15H24ClNO2. The molecule has 0 heterocycles. The van der Waals surface area contributed by atoms with Crippen LogP contribution in [0.4, 0.5) is 0 Å². The SMILES string of the molecule is CCCCOCCOC(CNC)c1ccccc1Cl. The van der Waals surface area contributed by atoms with Crippen molar-refractivity contribution in [2.75, 3.05) is 33.4 Å². The zero-order chi connectivity index (χ0) is 13.9. The Morgan fingerprint density at radius 3 is 2.68 bits per heavy atom. The third kappa shape index (κ3) is 6.39. The third-order valence-electron chi connectivity index (χ3n) is 2.83. The van der Waals surface area contributed by atoms with Gasteiger partial charge < -0.3 is 14.8 Å². The van der Waals surface area contributed by atoms with Crippen LogP contribution in [-0.4, -0.2) is 33.4 Å². The summed E-state index contributed by atoms with van der Waals surface area (Å²) < 4.78 is 11.3. The molecule has 0 fully saturated rings. The number of hydrogen-bond donors (Lipinski definition) is 1. The Kier molecular flexibility index (Phi) is 8.84. The molecule has 19 heavy (non-hydrogen) atoms. The van der Waals surface area contributed by atoms with Crippen LogP contribution >= 0.6 is 11.6 Å². The van der Waals surface area contributed by atoms with Crippen LogP contribution in [0.25, 0.3) is 0 Å². The molecule has 0 saturated carbocycles. The average Bonchev–Trinajstić information content (AvgIpc) is 2.42. The topological polar surface area (TPSA) is 30.5 Å². The summed E-state index contributed by atoms with van der Waals surface area (Å²) in [6.45, 7) is 4.91. The van der Waals surface area contributed by atoms with Crippen LogP contribution < -0.4 is 5.32 Å². The molecule has 0 aliphatic carbocycles. The number of unbranched alkanes of at least 4 members (excludes halogenated alkanes) is 1. The van der Waals surface area contributed by atoms with Crippen LogP contribution in [0.1, 0.15) is 31.4 Å². The summed E-state index contributed by atoms with van der Waals surface area (Å²) in [5.41, 5.74) is 1.02. The van der Waals surface area contributed by atoms with E-state index in [-0.39, 0.29) is 6.10 Å². The van der Waals surface area contributed by atoms with E-state index in [0.717, 1.165) is 36.6 Å². The highest BCUT2D eigenvalue weighted by atomic mass is 35.5. The lowest BCUT2D eigenvalue weighted by molar-refractivity contribution is 0.00433. The van der Waals surface area contributed by atoms with E-state index in [2.05, 4.69) is 12.2 Å². The monoisotopic (exact) mass is 285 g/mol. The first-order chi connectivity index (χ1) is 9.29. The summed E-state index contributed by atoms with van der Waals surface area (Å²) in [5, 5.41) is 3.88. The smallest absolute Gasteiger partial charge is 0.0964 e. The van der Waals surface area contributed by atoms with Gasteiger partial charge in [0.2, 0.25) is 0 Å². The highest BCUT2D eigenvalue weighted by molar-refractivity contribution is 6.31. The van der Waals surface area contributed by atoms with Crippen LogP contribution in [0.3, 0.4) is 0 Å². The van der Waals surface area contributed by atoms with E-state index in [1.165, 1.54) is 0 Å². The summed E-state index contributed by atoms with van der Waals surface area (Å²) >= 11 is 6.20. The molecule has 0 bridgehead atoms. The second kappa shape index (κ2) is 10.2. The van der Waals surface area contributed by atoms with Crippen LogP contribution in [0.2, 0.25) is 5.02 Å². The summed E-state index contributed by atoms with van der Waals surface area (Å²) in [5.74, 6) is 0. The van der Waals surface area contributed by atoms with Gasteiger partial charge in [-0.1, -0.05) is 43.1 Å². The number of benzene rings is 1. The predicted octanol–water partition coefficient (Wildman–Crippen LogP) is 3.43. The number of ether oxygens (including phenoxy) is 2. The summed E-state index contributed by atoms with van der Waals surface area (Å²) in [6.07, 6.45) is 2.22. The molecule has 4 heteroatoms. The molecule has 1 aromatic carbocycles. The van der Waals surface area contributed by atoms with Crippen molar-refractivity contribution < 1.29 is 9.47 Å². The molecular weight excluding hydrogens is 262 g/mol. The average molecular weight is 286 g/mol. The zero-order valence-electron chi connectivity index (χ0n) is 11.8. The fraction of sp³-hybridized carbons (Fsp3) is 0.600. The Morgan fingerprint density at radius 1 is 1.21 bits per heavy atom. The van der Waals surface area contributed by atoms with Crippen molar-refractivity contribution in [2.24, 2.45) is 0 Å². The van der Waals surface area contributed by atoms with Crippen molar-refractivity contribution >= 4 is 11.6 Å². The van der Waals surface area contributed by atoms with Gasteiger partial charge in [0.05, 0.1) is 19.3 Å². The normalized spacial score (nSPS) is 12.6. The fourth-order valence-electron chi connectivity index (χ4n) is 1.78. The molecule has 108 valence electrons. The van der Waals surface area contributed by atoms with Gasteiger partial charge in [0.15, 0.2) is 0 Å². The van der Waals surface area contributed by atoms with Crippen LogP contribution in [-0.2, 0) is 9.47 Å². The Bertz CT molecular complexity index is 347. The van der Waals surface area contributed by atoms with Crippen LogP contribution in [0.5, 0.6) is 0 Å². The van der Waals surface area contributed by atoms with Crippen LogP contribution in [0.15, 0.2) is 24.3 Å². The van der Waals surface area contributed by atoms with Gasteiger partial charge in [-0.15, -0.1) is 0 Å². The highest BCUT2D eigenvalue weighted by Gasteiger charge is 2.13. The van der Waals surface area contributed by atoms with Crippen LogP contribution in [0, 0.1) is 0 Å². The molecule has 0 amide bonds. The number of hydrogen-bond acceptors (Lipinski definition) is 3. The summed E-state index contributed by atoms with van der Waals surface area (Å²) in [6, 6.07) is 7.80. The van der Waals surface area contributed by atoms with Gasteiger partial charge in [0, 0.05) is 23.7 Å². The Hall–Kier alpha value is -0.610. The summed E-state index contributed by atoms with van der Waals surface area (Å²) in [7, 11) is 1.91. The Morgan fingerprint density at radius 2 is 2.00 bits per heavy atom. The molecule has 1 rings (SSSR count). The molecule has 0 saturated heterocycles. The first-order valence-electron chi connectivity index (χ1n) is 6.88. The number of nitrogens with one attached hydrogen (secondary N) is 1. The van der Waals surface area contributed by atoms with Gasteiger partial charge in [-0.3, -0.25) is 0 Å². The molecule has 1 N–H and O–H groups in total. The molecule has 1 atom stereocenters. The number of rotatable bonds is 10. The van der Waals surface area contributed by atoms with Gasteiger partial charge in [-0.25, -0.2) is 0 Å². The molecule has 3 nitrogen and oxygen atoms in total. The molecule has 0 aliphatic heterocycles. The van der Waals surface area contributed by atoms with E-state index in [4.69, 9.17) is 21.1 Å². The van der Waals surface area contributed by atoms with E-state index in [0.29, 0.717) is 13.2 Å². The first kappa shape index (κ1) is 16.4. The van der Waals surface area contributed by atoms with Gasteiger partial charge in [0.25, 0.3) is 0 Å². The lowest BCUT2D eigenvalue weighted by Crippen LogP contribution is -2.21. The van der Waals surface area contributed by atoms with E-state index < -0.39 is 0 Å². The highest BCUT2D eigenvalue weighted by Crippen LogP contribution is 2.24. The van der Waals surface area contributed by atoms with Crippen molar-refractivity contribution in [1.29, 1.82) is 0 Å². The quantitative estimate of drug-likeness (QED) is 0.668. The maximum atomic E-state index is 6.20. The predicted molar refractivity (Wildman–Crippen MR) is 79.8 cm³/mol. The van der Waals surface area contributed by atoms with Gasteiger partial charge in [-0.2, -0.15) is 0 Å². The second-order valence-electron chi connectivity index (χ2n) is 4.40. The van der Waals surface area contributed by atoms with Crippen molar-refractivity contribution in [3.05, 3.63) is 34.9 Å². The molecule has 0 aromatic heterocycles. The third-order valence-corrected chi connectivity index (χ3v) is 3.17. The number of halogens is 1. The Labute approximate surface area is 121 Å². The van der Waals surface area contributed by atoms with E-state index in [1.807, 2.05) is 31.3 Å². The zero-order valence-corrected chi connectivity index (χ0v) is 12.6. The van der Waals surface area contributed by atoms with Crippen molar-refractivity contribution in [3.63, 3.8) is 0 Å². The molecule has 0 spiro atoms. The first-order valence-corrected chi connectivity index (χ1v) is 7.25. The Balaban J connectivity index is 2.39. The number of likely N-dealkylation sites (N-methyl/N-ethyl adjacent to an activating group) is 1.